The van der Waals surface area contributed by atoms with Gasteiger partial charge in [0.05, 0.1) is 38.2 Å². The molecule has 1 heterocycles. The van der Waals surface area contributed by atoms with E-state index in [1.54, 1.807) is 68.4 Å². The highest BCUT2D eigenvalue weighted by Gasteiger charge is 2.32. The molecule has 0 unspecified atom stereocenters. The van der Waals surface area contributed by atoms with Gasteiger partial charge in [0, 0.05) is 11.3 Å². The van der Waals surface area contributed by atoms with Crippen LogP contribution in [0.25, 0.3) is 0 Å². The van der Waals surface area contributed by atoms with Crippen molar-refractivity contribution < 1.29 is 42.8 Å². The molecule has 4 rings (SSSR count). The minimum Gasteiger partial charge on any atom is -0.490 e. The Hall–Kier alpha value is -5.30. The average molecular weight is 637 g/mol. The molecule has 0 fully saturated rings. The standard InChI is InChI=1S/C33H37FN4O8/c1-5-43-27-15-21(11-13-25(27)45-18-23-9-7-8-10-24(23)34)17-35-38-29(39)19-46-26-14-12-22(16-28(26)44-6-2)31-30(32(40)42-4)20(3)36-33(41)37-31/h7-17,29,31,38-39H,5-6,18-19H2,1-4H3,(H2,36,37,41)/b35-17-/t29-,31+/m0/s1. The number of hydrogen-bond acceptors (Lipinski definition) is 10. The number of halogens is 1. The number of esters is 1. The maximum atomic E-state index is 14.0. The summed E-state index contributed by atoms with van der Waals surface area (Å²) >= 11 is 0. The van der Waals surface area contributed by atoms with Crippen molar-refractivity contribution in [3.05, 3.63) is 94.4 Å². The number of rotatable bonds is 15. The zero-order chi connectivity index (χ0) is 33.1. The Bertz CT molecular complexity index is 1600. The number of aliphatic hydroxyl groups is 1. The summed E-state index contributed by atoms with van der Waals surface area (Å²) in [5, 5.41) is 19.9. The van der Waals surface area contributed by atoms with Crippen LogP contribution in [-0.4, -0.2) is 56.5 Å². The van der Waals surface area contributed by atoms with Crippen LogP contribution in [0.3, 0.4) is 0 Å². The van der Waals surface area contributed by atoms with Gasteiger partial charge in [-0.15, -0.1) is 0 Å². The first-order chi connectivity index (χ1) is 22.2. The highest BCUT2D eigenvalue weighted by Crippen LogP contribution is 2.35. The number of urea groups is 1. The van der Waals surface area contributed by atoms with Gasteiger partial charge in [-0.2, -0.15) is 5.10 Å². The van der Waals surface area contributed by atoms with E-state index in [4.69, 9.17) is 23.7 Å². The van der Waals surface area contributed by atoms with E-state index in [-0.39, 0.29) is 24.6 Å². The van der Waals surface area contributed by atoms with Crippen LogP contribution in [0.4, 0.5) is 9.18 Å². The molecule has 2 amide bonds. The van der Waals surface area contributed by atoms with E-state index in [0.717, 1.165) is 0 Å². The molecule has 244 valence electrons. The van der Waals surface area contributed by atoms with Crippen LogP contribution in [-0.2, 0) is 16.1 Å². The van der Waals surface area contributed by atoms with E-state index < -0.39 is 24.3 Å². The number of aliphatic hydroxyl groups excluding tert-OH is 1. The Balaban J connectivity index is 1.38. The van der Waals surface area contributed by atoms with Crippen LogP contribution in [0, 0.1) is 5.82 Å². The fourth-order valence-electron chi connectivity index (χ4n) is 4.58. The van der Waals surface area contributed by atoms with E-state index in [0.29, 0.717) is 58.6 Å². The van der Waals surface area contributed by atoms with Crippen molar-refractivity contribution in [3.63, 3.8) is 0 Å². The summed E-state index contributed by atoms with van der Waals surface area (Å²) in [5.41, 5.74) is 4.91. The molecule has 1 aliphatic rings. The first-order valence-corrected chi connectivity index (χ1v) is 14.6. The molecule has 1 aliphatic heterocycles. The highest BCUT2D eigenvalue weighted by molar-refractivity contribution is 5.95. The Kier molecular flexibility index (Phi) is 11.8. The van der Waals surface area contributed by atoms with Crippen LogP contribution in [0.2, 0.25) is 0 Å². The van der Waals surface area contributed by atoms with Crippen molar-refractivity contribution in [2.24, 2.45) is 5.10 Å². The summed E-state index contributed by atoms with van der Waals surface area (Å²) in [6, 6.07) is 15.3. The van der Waals surface area contributed by atoms with Crippen molar-refractivity contribution in [1.82, 2.24) is 16.1 Å². The second kappa shape index (κ2) is 16.1. The zero-order valence-electron chi connectivity index (χ0n) is 26.0. The van der Waals surface area contributed by atoms with Crippen LogP contribution in [0.15, 0.2) is 77.0 Å². The fourth-order valence-corrected chi connectivity index (χ4v) is 4.58. The average Bonchev–Trinajstić information content (AvgIpc) is 3.04. The van der Waals surface area contributed by atoms with Crippen molar-refractivity contribution in [3.8, 4) is 23.0 Å². The number of nitrogens with one attached hydrogen (secondary N) is 3. The van der Waals surface area contributed by atoms with Gasteiger partial charge in [-0.1, -0.05) is 24.3 Å². The lowest BCUT2D eigenvalue weighted by Gasteiger charge is -2.28. The molecule has 0 bridgehead atoms. The van der Waals surface area contributed by atoms with Gasteiger partial charge in [0.2, 0.25) is 0 Å². The number of amides is 2. The van der Waals surface area contributed by atoms with E-state index in [9.17, 15) is 19.1 Å². The number of methoxy groups -OCH3 is 1. The smallest absolute Gasteiger partial charge is 0.337 e. The highest BCUT2D eigenvalue weighted by atomic mass is 19.1. The maximum Gasteiger partial charge on any atom is 0.337 e. The molecule has 13 heteroatoms. The predicted octanol–water partition coefficient (Wildman–Crippen LogP) is 4.32. The quantitative estimate of drug-likeness (QED) is 0.0828. The van der Waals surface area contributed by atoms with E-state index in [1.165, 1.54) is 19.4 Å². The van der Waals surface area contributed by atoms with Gasteiger partial charge in [0.15, 0.2) is 29.2 Å². The number of ether oxygens (including phenoxy) is 5. The van der Waals surface area contributed by atoms with Crippen molar-refractivity contribution in [2.45, 2.75) is 39.6 Å². The molecule has 4 N–H and O–H groups in total. The van der Waals surface area contributed by atoms with Gasteiger partial charge in [-0.05, 0) is 68.3 Å². The minimum absolute atomic E-state index is 0.0432. The van der Waals surface area contributed by atoms with Crippen LogP contribution in [0.1, 0.15) is 43.5 Å². The van der Waals surface area contributed by atoms with Gasteiger partial charge in [0.25, 0.3) is 0 Å². The maximum absolute atomic E-state index is 14.0. The predicted molar refractivity (Wildman–Crippen MR) is 167 cm³/mol. The third kappa shape index (κ3) is 8.66. The Morgan fingerprint density at radius 3 is 2.41 bits per heavy atom. The third-order valence-corrected chi connectivity index (χ3v) is 6.72. The van der Waals surface area contributed by atoms with E-state index in [2.05, 4.69) is 21.2 Å². The third-order valence-electron chi connectivity index (χ3n) is 6.72. The summed E-state index contributed by atoms with van der Waals surface area (Å²) in [5.74, 6) is 0.676. The largest absolute Gasteiger partial charge is 0.490 e. The normalized spacial score (nSPS) is 15.1. The van der Waals surface area contributed by atoms with Gasteiger partial charge in [0.1, 0.15) is 19.0 Å². The summed E-state index contributed by atoms with van der Waals surface area (Å²) in [4.78, 5) is 24.6. The summed E-state index contributed by atoms with van der Waals surface area (Å²) in [6.45, 7) is 5.84. The second-order valence-electron chi connectivity index (χ2n) is 9.93. The first kappa shape index (κ1) is 33.6. The number of hydrogen-bond donors (Lipinski definition) is 4. The lowest BCUT2D eigenvalue weighted by atomic mass is 9.95. The number of carbonyl (C=O) groups is 2. The molecule has 0 spiro atoms. The monoisotopic (exact) mass is 636 g/mol. The van der Waals surface area contributed by atoms with Gasteiger partial charge in [-0.3, -0.25) is 5.43 Å². The van der Waals surface area contributed by atoms with E-state index in [1.807, 2.05) is 6.92 Å². The molecular formula is C33H37FN4O8. The number of benzene rings is 3. The van der Waals surface area contributed by atoms with E-state index >= 15 is 0 Å². The summed E-state index contributed by atoms with van der Waals surface area (Å²) in [6.07, 6.45) is 0.314. The van der Waals surface area contributed by atoms with Crippen molar-refractivity contribution in [2.75, 3.05) is 26.9 Å². The lowest BCUT2D eigenvalue weighted by molar-refractivity contribution is -0.136. The van der Waals surface area contributed by atoms with Crippen molar-refractivity contribution in [1.29, 1.82) is 0 Å². The first-order valence-electron chi connectivity index (χ1n) is 14.6. The Morgan fingerprint density at radius 2 is 1.70 bits per heavy atom. The molecule has 46 heavy (non-hydrogen) atoms. The molecule has 3 aromatic rings. The molecule has 3 aromatic carbocycles. The molecule has 2 atom stereocenters. The summed E-state index contributed by atoms with van der Waals surface area (Å²) < 4.78 is 41.9. The second-order valence-corrected chi connectivity index (χ2v) is 9.93. The topological polar surface area (TPSA) is 149 Å². The Labute approximate surface area is 266 Å². The van der Waals surface area contributed by atoms with Gasteiger partial charge >= 0.3 is 12.0 Å². The number of hydrazone groups is 1. The zero-order valence-corrected chi connectivity index (χ0v) is 26.0. The SMILES string of the molecule is CCOc1cc(/C=N\N[C@@H](O)COc2ccc([C@H]3NC(=O)NC(C)=C3C(=O)OC)cc2OCC)ccc1OCc1ccccc1F. The minimum atomic E-state index is -1.18. The Morgan fingerprint density at radius 1 is 1.00 bits per heavy atom. The van der Waals surface area contributed by atoms with Crippen LogP contribution < -0.4 is 35.0 Å². The molecular weight excluding hydrogens is 599 g/mol. The molecule has 0 aromatic heterocycles. The molecule has 0 aliphatic carbocycles. The molecule has 0 radical (unpaired) electrons. The van der Waals surface area contributed by atoms with Crippen molar-refractivity contribution >= 4 is 18.2 Å². The number of nitrogens with zero attached hydrogens (tertiary/aromatic N) is 1. The fraction of sp³-hybridized carbons (Fsp3) is 0.303. The van der Waals surface area contributed by atoms with Crippen LogP contribution >= 0.6 is 0 Å². The lowest BCUT2D eigenvalue weighted by Crippen LogP contribution is -2.45. The van der Waals surface area contributed by atoms with Gasteiger partial charge in [-0.25, -0.2) is 14.0 Å². The summed E-state index contributed by atoms with van der Waals surface area (Å²) in [7, 11) is 1.27. The molecule has 12 nitrogen and oxygen atoms in total. The van der Waals surface area contributed by atoms with Gasteiger partial charge < -0.3 is 39.4 Å². The number of carbonyl (C=O) groups excluding carboxylic acids is 2. The van der Waals surface area contributed by atoms with Crippen LogP contribution in [0.5, 0.6) is 23.0 Å². The number of allylic oxidation sites excluding steroid dienone is 1. The molecule has 0 saturated heterocycles. The molecule has 0 saturated carbocycles.